The molecular weight excluding hydrogens is 283 g/mol. The van der Waals surface area contributed by atoms with E-state index >= 15 is 0 Å². The van der Waals surface area contributed by atoms with Gasteiger partial charge in [-0.1, -0.05) is 6.92 Å². The van der Waals surface area contributed by atoms with Crippen molar-refractivity contribution in [1.29, 1.82) is 0 Å². The summed E-state index contributed by atoms with van der Waals surface area (Å²) in [4.78, 5) is 0. The van der Waals surface area contributed by atoms with Crippen molar-refractivity contribution < 1.29 is 22.6 Å². The zero-order chi connectivity index (χ0) is 16.0. The summed E-state index contributed by atoms with van der Waals surface area (Å²) in [5.41, 5.74) is 1.68. The lowest BCUT2D eigenvalue weighted by Crippen LogP contribution is -2.24. The van der Waals surface area contributed by atoms with Crippen LogP contribution in [0.4, 0.5) is 13.2 Å². The summed E-state index contributed by atoms with van der Waals surface area (Å²) < 4.78 is 47.8. The van der Waals surface area contributed by atoms with Crippen molar-refractivity contribution in [3.05, 3.63) is 23.3 Å². The van der Waals surface area contributed by atoms with Crippen LogP contribution in [0.2, 0.25) is 0 Å². The molecule has 3 nitrogen and oxygen atoms in total. The van der Waals surface area contributed by atoms with Gasteiger partial charge < -0.3 is 14.8 Å². The van der Waals surface area contributed by atoms with Gasteiger partial charge in [-0.3, -0.25) is 0 Å². The lowest BCUT2D eigenvalue weighted by Gasteiger charge is -2.22. The summed E-state index contributed by atoms with van der Waals surface area (Å²) in [6.45, 7) is 4.32. The summed E-state index contributed by atoms with van der Waals surface area (Å²) in [5.74, 6) is 1.10. The molecule has 1 rings (SSSR count). The molecule has 1 atom stereocenters. The van der Waals surface area contributed by atoms with E-state index in [1.165, 1.54) is 14.2 Å². The van der Waals surface area contributed by atoms with Crippen LogP contribution in [-0.2, 0) is 0 Å². The molecule has 0 bridgehead atoms. The molecule has 0 spiro atoms. The highest BCUT2D eigenvalue weighted by atomic mass is 19.4. The van der Waals surface area contributed by atoms with E-state index in [-0.39, 0.29) is 12.5 Å². The van der Waals surface area contributed by atoms with Gasteiger partial charge in [0.05, 0.1) is 14.2 Å². The first-order valence-electron chi connectivity index (χ1n) is 6.85. The predicted molar refractivity (Wildman–Crippen MR) is 76.0 cm³/mol. The average Bonchev–Trinajstić information content (AvgIpc) is 2.42. The average molecular weight is 305 g/mol. The first kappa shape index (κ1) is 17.6. The lowest BCUT2D eigenvalue weighted by atomic mass is 9.96. The number of benzene rings is 1. The number of methoxy groups -OCH3 is 2. The minimum absolute atomic E-state index is 0.00629. The van der Waals surface area contributed by atoms with E-state index in [0.717, 1.165) is 11.1 Å². The fraction of sp³-hybridized carbons (Fsp3) is 0.600. The van der Waals surface area contributed by atoms with Crippen molar-refractivity contribution in [3.63, 3.8) is 0 Å². The molecule has 0 radical (unpaired) electrons. The standard InChI is InChI=1S/C15H22F3NO2/c1-5-19-12(6-7-15(16,17)18)11-9-14(21-4)13(20-3)8-10(11)2/h8-9,12,19H,5-7H2,1-4H3. The second-order valence-corrected chi connectivity index (χ2v) is 4.83. The highest BCUT2D eigenvalue weighted by Gasteiger charge is 2.29. The molecule has 0 saturated carbocycles. The number of nitrogens with one attached hydrogen (secondary N) is 1. The van der Waals surface area contributed by atoms with Crippen molar-refractivity contribution in [2.24, 2.45) is 0 Å². The smallest absolute Gasteiger partial charge is 0.389 e. The van der Waals surface area contributed by atoms with Gasteiger partial charge in [-0.15, -0.1) is 0 Å². The molecule has 1 aromatic carbocycles. The van der Waals surface area contributed by atoms with Gasteiger partial charge in [-0.25, -0.2) is 0 Å². The number of alkyl halides is 3. The van der Waals surface area contributed by atoms with Crippen LogP contribution in [0.25, 0.3) is 0 Å². The van der Waals surface area contributed by atoms with Gasteiger partial charge in [0.2, 0.25) is 0 Å². The normalized spacial score (nSPS) is 13.1. The molecule has 1 unspecified atom stereocenters. The molecule has 6 heteroatoms. The van der Waals surface area contributed by atoms with Crippen LogP contribution < -0.4 is 14.8 Å². The Morgan fingerprint density at radius 1 is 1.14 bits per heavy atom. The molecule has 1 N–H and O–H groups in total. The second-order valence-electron chi connectivity index (χ2n) is 4.83. The molecule has 1 aromatic rings. The molecule has 0 aliphatic heterocycles. The maximum Gasteiger partial charge on any atom is 0.389 e. The number of rotatable bonds is 7. The van der Waals surface area contributed by atoms with Gasteiger partial charge >= 0.3 is 6.18 Å². The number of halogens is 3. The lowest BCUT2D eigenvalue weighted by molar-refractivity contribution is -0.136. The third-order valence-electron chi connectivity index (χ3n) is 3.31. The van der Waals surface area contributed by atoms with E-state index in [0.29, 0.717) is 18.0 Å². The monoisotopic (exact) mass is 305 g/mol. The Morgan fingerprint density at radius 2 is 1.71 bits per heavy atom. The van der Waals surface area contributed by atoms with Crippen molar-refractivity contribution in [2.45, 2.75) is 38.9 Å². The van der Waals surface area contributed by atoms with E-state index in [9.17, 15) is 13.2 Å². The van der Waals surface area contributed by atoms with Gasteiger partial charge in [0.15, 0.2) is 11.5 Å². The SMILES string of the molecule is CCNC(CCC(F)(F)F)c1cc(OC)c(OC)cc1C. The Balaban J connectivity index is 3.06. The van der Waals surface area contributed by atoms with Crippen LogP contribution >= 0.6 is 0 Å². The summed E-state index contributed by atoms with van der Waals surface area (Å²) in [5, 5.41) is 3.10. The van der Waals surface area contributed by atoms with E-state index in [4.69, 9.17) is 9.47 Å². The largest absolute Gasteiger partial charge is 0.493 e. The maximum absolute atomic E-state index is 12.5. The molecule has 0 aliphatic rings. The van der Waals surface area contributed by atoms with Gasteiger partial charge in [0, 0.05) is 12.5 Å². The molecule has 21 heavy (non-hydrogen) atoms. The Labute approximate surface area is 123 Å². The molecule has 0 heterocycles. The Bertz CT molecular complexity index is 461. The van der Waals surface area contributed by atoms with E-state index in [1.54, 1.807) is 12.1 Å². The minimum atomic E-state index is -4.15. The molecule has 0 aromatic heterocycles. The summed E-state index contributed by atoms with van der Waals surface area (Å²) in [6, 6.07) is 3.17. The van der Waals surface area contributed by atoms with Gasteiger partial charge in [-0.05, 0) is 43.1 Å². The Kier molecular flexibility index (Phi) is 6.33. The zero-order valence-corrected chi connectivity index (χ0v) is 12.8. The number of hydrogen-bond acceptors (Lipinski definition) is 3. The van der Waals surface area contributed by atoms with Crippen LogP contribution in [0.15, 0.2) is 12.1 Å². The molecule has 0 fully saturated rings. The Hall–Kier alpha value is -1.43. The molecular formula is C15H22F3NO2. The molecule has 0 saturated heterocycles. The van der Waals surface area contributed by atoms with Gasteiger partial charge in [0.25, 0.3) is 0 Å². The topological polar surface area (TPSA) is 30.5 Å². The highest BCUT2D eigenvalue weighted by Crippen LogP contribution is 2.35. The summed E-state index contributed by atoms with van der Waals surface area (Å²) >= 11 is 0. The third kappa shape index (κ3) is 5.12. The van der Waals surface area contributed by atoms with Crippen LogP contribution in [0.3, 0.4) is 0 Å². The maximum atomic E-state index is 12.5. The molecule has 0 amide bonds. The second kappa shape index (κ2) is 7.54. The number of ether oxygens (including phenoxy) is 2. The van der Waals surface area contributed by atoms with Crippen molar-refractivity contribution >= 4 is 0 Å². The van der Waals surface area contributed by atoms with E-state index in [1.807, 2.05) is 13.8 Å². The summed E-state index contributed by atoms with van der Waals surface area (Å²) in [7, 11) is 3.04. The number of aryl methyl sites for hydroxylation is 1. The van der Waals surface area contributed by atoms with Gasteiger partial charge in [-0.2, -0.15) is 13.2 Å². The predicted octanol–water partition coefficient (Wildman–Crippen LogP) is 4.01. The van der Waals surface area contributed by atoms with Crippen LogP contribution in [-0.4, -0.2) is 26.9 Å². The first-order chi connectivity index (χ1) is 9.82. The van der Waals surface area contributed by atoms with E-state index < -0.39 is 12.6 Å². The fourth-order valence-electron chi connectivity index (χ4n) is 2.29. The van der Waals surface area contributed by atoms with Crippen LogP contribution in [0, 0.1) is 6.92 Å². The quantitative estimate of drug-likeness (QED) is 0.826. The van der Waals surface area contributed by atoms with Crippen LogP contribution in [0.1, 0.15) is 36.9 Å². The fourth-order valence-corrected chi connectivity index (χ4v) is 2.29. The van der Waals surface area contributed by atoms with Gasteiger partial charge in [0.1, 0.15) is 0 Å². The Morgan fingerprint density at radius 3 is 2.19 bits per heavy atom. The summed E-state index contributed by atoms with van der Waals surface area (Å²) in [6.07, 6.45) is -4.98. The zero-order valence-electron chi connectivity index (χ0n) is 12.8. The first-order valence-corrected chi connectivity index (χ1v) is 6.85. The highest BCUT2D eigenvalue weighted by molar-refractivity contribution is 5.48. The third-order valence-corrected chi connectivity index (χ3v) is 3.31. The van der Waals surface area contributed by atoms with Crippen molar-refractivity contribution in [1.82, 2.24) is 5.32 Å². The van der Waals surface area contributed by atoms with E-state index in [2.05, 4.69) is 5.32 Å². The van der Waals surface area contributed by atoms with Crippen molar-refractivity contribution in [2.75, 3.05) is 20.8 Å². The molecule has 0 aliphatic carbocycles. The number of hydrogen-bond donors (Lipinski definition) is 1. The minimum Gasteiger partial charge on any atom is -0.493 e. The van der Waals surface area contributed by atoms with Crippen molar-refractivity contribution in [3.8, 4) is 11.5 Å². The van der Waals surface area contributed by atoms with Crippen LogP contribution in [0.5, 0.6) is 11.5 Å². The molecule has 120 valence electrons.